The molecule has 122 valence electrons. The van der Waals surface area contributed by atoms with E-state index < -0.39 is 0 Å². The fourth-order valence-corrected chi connectivity index (χ4v) is 2.52. The molecule has 0 aliphatic heterocycles. The minimum Gasteiger partial charge on any atom is -0.461 e. The molecule has 0 saturated heterocycles. The van der Waals surface area contributed by atoms with Gasteiger partial charge in [0.1, 0.15) is 19.5 Å². The van der Waals surface area contributed by atoms with Crippen LogP contribution < -0.4 is 0 Å². The summed E-state index contributed by atoms with van der Waals surface area (Å²) in [5, 5.41) is 0. The number of benzene rings is 1. The molecule has 2 atom stereocenters. The average molecular weight is 306 g/mol. The Morgan fingerprint density at radius 3 is 2.50 bits per heavy atom. The van der Waals surface area contributed by atoms with Crippen LogP contribution in [0.4, 0.5) is 0 Å². The highest BCUT2D eigenvalue weighted by Crippen LogP contribution is 2.21. The van der Waals surface area contributed by atoms with E-state index in [4.69, 9.17) is 9.47 Å². The molecule has 22 heavy (non-hydrogen) atoms. The molecule has 1 aromatic rings. The van der Waals surface area contributed by atoms with Crippen LogP contribution in [0.1, 0.15) is 45.1 Å². The van der Waals surface area contributed by atoms with Crippen molar-refractivity contribution in [2.45, 2.75) is 52.2 Å². The highest BCUT2D eigenvalue weighted by molar-refractivity contribution is 5.69. The summed E-state index contributed by atoms with van der Waals surface area (Å²) in [6, 6.07) is 9.64. The number of carbonyl (C=O) groups is 2. The molecular formula is C18H26O4. The van der Waals surface area contributed by atoms with Crippen LogP contribution in [0, 0.1) is 5.92 Å². The maximum atomic E-state index is 11.8. The molecule has 0 aromatic heterocycles. The molecule has 4 heteroatoms. The number of esters is 1. The zero-order chi connectivity index (χ0) is 16.2. The molecule has 1 rings (SSSR count). The monoisotopic (exact) mass is 306 g/mol. The Kier molecular flexibility index (Phi) is 9.15. The van der Waals surface area contributed by atoms with Crippen molar-refractivity contribution in [1.82, 2.24) is 0 Å². The van der Waals surface area contributed by atoms with Crippen LogP contribution in [0.2, 0.25) is 0 Å². The number of aldehydes is 1. The number of hydrogen-bond acceptors (Lipinski definition) is 4. The van der Waals surface area contributed by atoms with E-state index in [0.29, 0.717) is 13.0 Å². The van der Waals surface area contributed by atoms with E-state index in [-0.39, 0.29) is 24.6 Å². The van der Waals surface area contributed by atoms with Gasteiger partial charge in [-0.3, -0.25) is 4.79 Å². The van der Waals surface area contributed by atoms with Crippen LogP contribution in [0.25, 0.3) is 0 Å². The third-order valence-electron chi connectivity index (χ3n) is 3.79. The molecular weight excluding hydrogens is 280 g/mol. The summed E-state index contributed by atoms with van der Waals surface area (Å²) >= 11 is 0. The van der Waals surface area contributed by atoms with Crippen molar-refractivity contribution in [2.75, 3.05) is 6.61 Å². The van der Waals surface area contributed by atoms with Gasteiger partial charge in [0, 0.05) is 6.42 Å². The highest BCUT2D eigenvalue weighted by atomic mass is 16.5. The van der Waals surface area contributed by atoms with Gasteiger partial charge in [-0.05, 0) is 24.3 Å². The molecule has 0 N–H and O–H groups in total. The summed E-state index contributed by atoms with van der Waals surface area (Å²) in [6.07, 6.45) is 3.66. The van der Waals surface area contributed by atoms with Gasteiger partial charge in [0.25, 0.3) is 0 Å². The lowest BCUT2D eigenvalue weighted by molar-refractivity contribution is -0.145. The van der Waals surface area contributed by atoms with Crippen molar-refractivity contribution in [3.63, 3.8) is 0 Å². The van der Waals surface area contributed by atoms with Crippen LogP contribution in [-0.2, 0) is 25.7 Å². The van der Waals surface area contributed by atoms with Crippen LogP contribution >= 0.6 is 0 Å². The van der Waals surface area contributed by atoms with E-state index >= 15 is 0 Å². The van der Waals surface area contributed by atoms with E-state index in [1.807, 2.05) is 37.3 Å². The Morgan fingerprint density at radius 1 is 1.18 bits per heavy atom. The minimum atomic E-state index is -0.187. The first-order chi connectivity index (χ1) is 10.7. The summed E-state index contributed by atoms with van der Waals surface area (Å²) in [4.78, 5) is 22.3. The zero-order valence-electron chi connectivity index (χ0n) is 13.5. The molecule has 0 aliphatic carbocycles. The van der Waals surface area contributed by atoms with Gasteiger partial charge in [0.05, 0.1) is 6.10 Å². The average Bonchev–Trinajstić information content (AvgIpc) is 2.56. The molecule has 0 radical (unpaired) electrons. The van der Waals surface area contributed by atoms with Crippen molar-refractivity contribution in [3.8, 4) is 0 Å². The Labute approximate surface area is 132 Å². The molecule has 1 aromatic carbocycles. The SMILES string of the molecule is CCC(CCC(=O)OCc1ccccc1)C(CC)OCC=O. The molecule has 4 nitrogen and oxygen atoms in total. The number of rotatable bonds is 11. The summed E-state index contributed by atoms with van der Waals surface area (Å²) in [5.74, 6) is 0.0850. The van der Waals surface area contributed by atoms with Gasteiger partial charge in [-0.1, -0.05) is 50.6 Å². The number of ether oxygens (including phenoxy) is 2. The quantitative estimate of drug-likeness (QED) is 0.463. The molecule has 2 unspecified atom stereocenters. The van der Waals surface area contributed by atoms with E-state index in [9.17, 15) is 9.59 Å². The number of carbonyl (C=O) groups excluding carboxylic acids is 2. The second-order valence-corrected chi connectivity index (χ2v) is 5.30. The maximum absolute atomic E-state index is 11.8. The molecule has 0 amide bonds. The largest absolute Gasteiger partial charge is 0.461 e. The molecule has 0 heterocycles. The van der Waals surface area contributed by atoms with E-state index in [1.54, 1.807) is 0 Å². The number of hydrogen-bond donors (Lipinski definition) is 0. The smallest absolute Gasteiger partial charge is 0.306 e. The predicted molar refractivity (Wildman–Crippen MR) is 85.3 cm³/mol. The van der Waals surface area contributed by atoms with Crippen LogP contribution in [0.15, 0.2) is 30.3 Å². The highest BCUT2D eigenvalue weighted by Gasteiger charge is 2.20. The van der Waals surface area contributed by atoms with Gasteiger partial charge in [-0.25, -0.2) is 0 Å². The summed E-state index contributed by atoms with van der Waals surface area (Å²) < 4.78 is 10.8. The third-order valence-corrected chi connectivity index (χ3v) is 3.79. The molecule has 0 bridgehead atoms. The van der Waals surface area contributed by atoms with Gasteiger partial charge in [-0.15, -0.1) is 0 Å². The van der Waals surface area contributed by atoms with Crippen LogP contribution in [0.5, 0.6) is 0 Å². The molecule has 0 aliphatic rings. The van der Waals surface area contributed by atoms with Gasteiger partial charge < -0.3 is 14.3 Å². The zero-order valence-corrected chi connectivity index (χ0v) is 13.5. The van der Waals surface area contributed by atoms with E-state index in [2.05, 4.69) is 6.92 Å². The van der Waals surface area contributed by atoms with Crippen molar-refractivity contribution >= 4 is 12.3 Å². The van der Waals surface area contributed by atoms with E-state index in [1.165, 1.54) is 0 Å². The minimum absolute atomic E-state index is 0.0251. The van der Waals surface area contributed by atoms with Gasteiger partial charge in [0.15, 0.2) is 0 Å². The first-order valence-electron chi connectivity index (χ1n) is 7.96. The maximum Gasteiger partial charge on any atom is 0.306 e. The molecule has 0 saturated carbocycles. The summed E-state index contributed by atoms with van der Waals surface area (Å²) in [6.45, 7) is 4.54. The summed E-state index contributed by atoms with van der Waals surface area (Å²) in [7, 11) is 0. The topological polar surface area (TPSA) is 52.6 Å². The molecule has 0 spiro atoms. The lowest BCUT2D eigenvalue weighted by Crippen LogP contribution is -2.25. The molecule has 0 fully saturated rings. The first-order valence-corrected chi connectivity index (χ1v) is 7.96. The lowest BCUT2D eigenvalue weighted by atomic mass is 9.92. The van der Waals surface area contributed by atoms with Crippen LogP contribution in [-0.4, -0.2) is 25.0 Å². The third kappa shape index (κ3) is 6.85. The standard InChI is InChI=1S/C18H26O4/c1-3-16(17(4-2)21-13-12-19)10-11-18(20)22-14-15-8-6-5-7-9-15/h5-9,12,16-17H,3-4,10-11,13-14H2,1-2H3. The first kappa shape index (κ1) is 18.4. The second kappa shape index (κ2) is 11.0. The Hall–Kier alpha value is -1.68. The Balaban J connectivity index is 2.34. The summed E-state index contributed by atoms with van der Waals surface area (Å²) in [5.41, 5.74) is 0.989. The fraction of sp³-hybridized carbons (Fsp3) is 0.556. The van der Waals surface area contributed by atoms with Crippen molar-refractivity contribution in [1.29, 1.82) is 0 Å². The fourth-order valence-electron chi connectivity index (χ4n) is 2.52. The van der Waals surface area contributed by atoms with Gasteiger partial charge >= 0.3 is 5.97 Å². The van der Waals surface area contributed by atoms with Crippen molar-refractivity contribution in [3.05, 3.63) is 35.9 Å². The predicted octanol–water partition coefficient (Wildman–Crippen LogP) is 3.53. The van der Waals surface area contributed by atoms with Crippen molar-refractivity contribution in [2.24, 2.45) is 5.92 Å². The Bertz CT molecular complexity index is 430. The van der Waals surface area contributed by atoms with Crippen LogP contribution in [0.3, 0.4) is 0 Å². The van der Waals surface area contributed by atoms with Crippen molar-refractivity contribution < 1.29 is 19.1 Å². The lowest BCUT2D eigenvalue weighted by Gasteiger charge is -2.24. The van der Waals surface area contributed by atoms with Gasteiger partial charge in [0.2, 0.25) is 0 Å². The normalized spacial score (nSPS) is 13.4. The van der Waals surface area contributed by atoms with E-state index in [0.717, 1.165) is 31.1 Å². The van der Waals surface area contributed by atoms with Gasteiger partial charge in [-0.2, -0.15) is 0 Å². The Morgan fingerprint density at radius 2 is 1.91 bits per heavy atom. The second-order valence-electron chi connectivity index (χ2n) is 5.30.